The quantitative estimate of drug-likeness (QED) is 0.0918. The zero-order chi connectivity index (χ0) is 23.7. The topological polar surface area (TPSA) is 58.9 Å². The van der Waals surface area contributed by atoms with E-state index in [1.807, 2.05) is 30.3 Å². The molecule has 1 heterocycles. The summed E-state index contributed by atoms with van der Waals surface area (Å²) in [6.07, 6.45) is 17.0. The third kappa shape index (κ3) is 10.5. The number of aliphatic hydroxyl groups is 1. The Balaban J connectivity index is 1.73. The Bertz CT molecular complexity index is 745. The van der Waals surface area contributed by atoms with Crippen molar-refractivity contribution in [2.45, 2.75) is 109 Å². The van der Waals surface area contributed by atoms with Gasteiger partial charge in [-0.3, -0.25) is 4.99 Å². The van der Waals surface area contributed by atoms with Crippen LogP contribution in [0.15, 0.2) is 46.7 Å². The fraction of sp³-hybridized carbons (Fsp3) is 0.643. The second-order valence-corrected chi connectivity index (χ2v) is 9.70. The molecule has 0 fully saturated rings. The standard InChI is InChI=1S/C28H42BrNO3/c1-2-3-4-5-6-7-8-9-10-11-12-13-17-20-24(30-22-23-18-15-14-16-19-23)26-27(31)25(21-29)33-28(26)32/h14-16,18-19,25,31H,2-13,17,20-22H2,1H3. The van der Waals surface area contributed by atoms with Gasteiger partial charge in [-0.2, -0.15) is 0 Å². The molecule has 1 N–H and O–H groups in total. The lowest BCUT2D eigenvalue weighted by Crippen LogP contribution is -2.13. The molecule has 1 aliphatic heterocycles. The highest BCUT2D eigenvalue weighted by atomic mass is 79.9. The van der Waals surface area contributed by atoms with E-state index in [1.54, 1.807) is 0 Å². The van der Waals surface area contributed by atoms with E-state index in [1.165, 1.54) is 70.6 Å². The van der Waals surface area contributed by atoms with Gasteiger partial charge in [-0.1, -0.05) is 130 Å². The summed E-state index contributed by atoms with van der Waals surface area (Å²) < 4.78 is 5.30. The average Bonchev–Trinajstić information content (AvgIpc) is 3.12. The zero-order valence-electron chi connectivity index (χ0n) is 20.4. The van der Waals surface area contributed by atoms with Gasteiger partial charge in [0.05, 0.1) is 12.3 Å². The number of cyclic esters (lactones) is 1. The number of ether oxygens (including phenoxy) is 1. The van der Waals surface area contributed by atoms with Crippen molar-refractivity contribution in [3.8, 4) is 0 Å². The molecule has 0 saturated heterocycles. The van der Waals surface area contributed by atoms with Crippen molar-refractivity contribution in [1.82, 2.24) is 0 Å². The molecule has 0 aromatic heterocycles. The maximum atomic E-state index is 12.4. The highest BCUT2D eigenvalue weighted by molar-refractivity contribution is 9.09. The SMILES string of the molecule is CCCCCCCCCCCCCCCC(=NCc1ccccc1)C1=C(O)C(CBr)OC1=O. The zero-order valence-corrected chi connectivity index (χ0v) is 22.0. The summed E-state index contributed by atoms with van der Waals surface area (Å²) in [4.78, 5) is 17.1. The highest BCUT2D eigenvalue weighted by Gasteiger charge is 2.36. The Morgan fingerprint density at radius 2 is 1.45 bits per heavy atom. The second kappa shape index (κ2) is 16.9. The minimum atomic E-state index is -0.610. The molecule has 0 saturated carbocycles. The van der Waals surface area contributed by atoms with Crippen molar-refractivity contribution >= 4 is 27.6 Å². The van der Waals surface area contributed by atoms with Crippen LogP contribution >= 0.6 is 15.9 Å². The van der Waals surface area contributed by atoms with E-state index in [0.29, 0.717) is 24.0 Å². The van der Waals surface area contributed by atoms with Gasteiger partial charge in [0.1, 0.15) is 5.57 Å². The van der Waals surface area contributed by atoms with E-state index in [0.717, 1.165) is 18.4 Å². The summed E-state index contributed by atoms with van der Waals surface area (Å²) >= 11 is 3.30. The van der Waals surface area contributed by atoms with Gasteiger partial charge < -0.3 is 9.84 Å². The van der Waals surface area contributed by atoms with E-state index in [9.17, 15) is 9.90 Å². The lowest BCUT2D eigenvalue weighted by molar-refractivity contribution is -0.138. The number of hydrogen-bond acceptors (Lipinski definition) is 4. The van der Waals surface area contributed by atoms with Gasteiger partial charge in [0, 0.05) is 5.33 Å². The van der Waals surface area contributed by atoms with Gasteiger partial charge in [0.2, 0.25) is 0 Å². The van der Waals surface area contributed by atoms with E-state index >= 15 is 0 Å². The van der Waals surface area contributed by atoms with Crippen molar-refractivity contribution in [1.29, 1.82) is 0 Å². The van der Waals surface area contributed by atoms with Crippen LogP contribution in [0.25, 0.3) is 0 Å². The largest absolute Gasteiger partial charge is 0.507 e. The molecular formula is C28H42BrNO3. The van der Waals surface area contributed by atoms with Crippen LogP contribution in [-0.2, 0) is 16.1 Å². The first-order chi connectivity index (χ1) is 16.2. The van der Waals surface area contributed by atoms with Crippen LogP contribution in [0, 0.1) is 0 Å². The van der Waals surface area contributed by atoms with Crippen LogP contribution in [0.2, 0.25) is 0 Å². The third-order valence-corrected chi connectivity index (χ3v) is 6.84. The summed E-state index contributed by atoms with van der Waals surface area (Å²) in [7, 11) is 0. The minimum absolute atomic E-state index is 0.0124. The smallest absolute Gasteiger partial charge is 0.344 e. The molecule has 1 aromatic carbocycles. The third-order valence-electron chi connectivity index (χ3n) is 6.26. The molecule has 4 nitrogen and oxygen atoms in total. The van der Waals surface area contributed by atoms with Crippen molar-refractivity contribution in [2.24, 2.45) is 4.99 Å². The summed E-state index contributed by atoms with van der Waals surface area (Å²) in [5.74, 6) is -0.447. The monoisotopic (exact) mass is 519 g/mol. The summed E-state index contributed by atoms with van der Waals surface area (Å²) in [6, 6.07) is 9.99. The molecule has 0 bridgehead atoms. The van der Waals surface area contributed by atoms with E-state index in [2.05, 4.69) is 22.9 Å². The van der Waals surface area contributed by atoms with Gasteiger partial charge in [0.15, 0.2) is 11.9 Å². The minimum Gasteiger partial charge on any atom is -0.507 e. The predicted molar refractivity (Wildman–Crippen MR) is 141 cm³/mol. The van der Waals surface area contributed by atoms with Crippen LogP contribution in [0.4, 0.5) is 0 Å². The Hall–Kier alpha value is -1.62. The number of esters is 1. The van der Waals surface area contributed by atoms with E-state index in [-0.39, 0.29) is 11.3 Å². The number of aliphatic imine (C=N–C) groups is 1. The molecule has 0 aliphatic carbocycles. The molecule has 1 aliphatic rings. The summed E-state index contributed by atoms with van der Waals surface area (Å²) in [5.41, 5.74) is 2.03. The first-order valence-electron chi connectivity index (χ1n) is 12.9. The number of alkyl halides is 1. The normalized spacial score (nSPS) is 16.5. The number of nitrogens with zero attached hydrogens (tertiary/aromatic N) is 1. The van der Waals surface area contributed by atoms with Crippen molar-refractivity contribution < 1.29 is 14.6 Å². The summed E-state index contributed by atoms with van der Waals surface area (Å²) in [6.45, 7) is 2.76. The Kier molecular flexibility index (Phi) is 14.2. The Morgan fingerprint density at radius 1 is 0.909 bits per heavy atom. The summed E-state index contributed by atoms with van der Waals surface area (Å²) in [5, 5.41) is 10.9. The molecule has 0 radical (unpaired) electrons. The van der Waals surface area contributed by atoms with Crippen molar-refractivity contribution in [3.05, 3.63) is 47.2 Å². The van der Waals surface area contributed by atoms with E-state index in [4.69, 9.17) is 9.73 Å². The predicted octanol–water partition coefficient (Wildman–Crippen LogP) is 8.24. The molecule has 1 aromatic rings. The van der Waals surface area contributed by atoms with Crippen LogP contribution in [0.3, 0.4) is 0 Å². The molecule has 184 valence electrons. The molecule has 1 unspecified atom stereocenters. The first kappa shape index (κ1) is 27.6. The second-order valence-electron chi connectivity index (χ2n) is 9.05. The number of unbranched alkanes of at least 4 members (excludes halogenated alkanes) is 12. The van der Waals surface area contributed by atoms with Crippen LogP contribution < -0.4 is 0 Å². The fourth-order valence-electron chi connectivity index (χ4n) is 4.24. The molecule has 2 rings (SSSR count). The lowest BCUT2D eigenvalue weighted by atomic mass is 10.0. The molecule has 0 amide bonds. The first-order valence-corrected chi connectivity index (χ1v) is 14.1. The number of rotatable bonds is 18. The Morgan fingerprint density at radius 3 is 1.97 bits per heavy atom. The van der Waals surface area contributed by atoms with Crippen LogP contribution in [0.1, 0.15) is 102 Å². The van der Waals surface area contributed by atoms with Crippen LogP contribution in [-0.4, -0.2) is 28.2 Å². The Labute approximate surface area is 209 Å². The molecule has 0 spiro atoms. The maximum Gasteiger partial charge on any atom is 0.344 e. The van der Waals surface area contributed by atoms with Gasteiger partial charge >= 0.3 is 5.97 Å². The molecule has 1 atom stereocenters. The number of hydrogen-bond donors (Lipinski definition) is 1. The fourth-order valence-corrected chi connectivity index (χ4v) is 4.68. The number of carbonyl (C=O) groups is 1. The van der Waals surface area contributed by atoms with E-state index < -0.39 is 12.1 Å². The highest BCUT2D eigenvalue weighted by Crippen LogP contribution is 2.26. The van der Waals surface area contributed by atoms with Gasteiger partial charge in [-0.05, 0) is 18.4 Å². The van der Waals surface area contributed by atoms with Crippen molar-refractivity contribution in [2.75, 3.05) is 5.33 Å². The van der Waals surface area contributed by atoms with Crippen LogP contribution in [0.5, 0.6) is 0 Å². The number of halogens is 1. The number of aliphatic hydroxyl groups excluding tert-OH is 1. The van der Waals surface area contributed by atoms with Gasteiger partial charge in [-0.25, -0.2) is 4.79 Å². The molecule has 5 heteroatoms. The lowest BCUT2D eigenvalue weighted by Gasteiger charge is -2.08. The van der Waals surface area contributed by atoms with Crippen molar-refractivity contribution in [3.63, 3.8) is 0 Å². The van der Waals surface area contributed by atoms with Gasteiger partial charge in [-0.15, -0.1) is 0 Å². The number of benzene rings is 1. The maximum absolute atomic E-state index is 12.4. The number of carbonyl (C=O) groups excluding carboxylic acids is 1. The average molecular weight is 521 g/mol. The molecule has 33 heavy (non-hydrogen) atoms. The van der Waals surface area contributed by atoms with Gasteiger partial charge in [0.25, 0.3) is 0 Å². The molecular weight excluding hydrogens is 478 g/mol.